The summed E-state index contributed by atoms with van der Waals surface area (Å²) in [7, 11) is 0. The van der Waals surface area contributed by atoms with Crippen LogP contribution in [0, 0.1) is 11.3 Å². The van der Waals surface area contributed by atoms with E-state index < -0.39 is 5.54 Å². The van der Waals surface area contributed by atoms with Crippen LogP contribution in [-0.4, -0.2) is 32.0 Å². The molecule has 0 rings (SSSR count). The Balaban J connectivity index is 3.18. The highest BCUT2D eigenvalue weighted by Crippen LogP contribution is 2.02. The molecule has 0 fully saturated rings. The molecule has 0 aromatic heterocycles. The maximum Gasteiger partial charge on any atom is 0.103 e. The van der Waals surface area contributed by atoms with Crippen LogP contribution >= 0.6 is 0 Å². The highest BCUT2D eigenvalue weighted by molar-refractivity contribution is 5.00. The molecule has 14 heavy (non-hydrogen) atoms. The van der Waals surface area contributed by atoms with Crippen molar-refractivity contribution >= 4 is 0 Å². The van der Waals surface area contributed by atoms with Crippen molar-refractivity contribution < 1.29 is 9.47 Å². The molecule has 1 atom stereocenters. The van der Waals surface area contributed by atoms with E-state index in [1.807, 2.05) is 6.07 Å². The zero-order chi connectivity index (χ0) is 10.9. The monoisotopic (exact) mass is 200 g/mol. The third-order valence-corrected chi connectivity index (χ3v) is 1.74. The molecule has 4 nitrogen and oxygen atoms in total. The summed E-state index contributed by atoms with van der Waals surface area (Å²) in [6.07, 6.45) is 1.58. The van der Waals surface area contributed by atoms with Crippen LogP contribution in [0.4, 0.5) is 0 Å². The molecule has 0 heterocycles. The Labute approximate surface area is 86.0 Å². The first kappa shape index (κ1) is 13.4. The zero-order valence-electron chi connectivity index (χ0n) is 9.08. The summed E-state index contributed by atoms with van der Waals surface area (Å²) in [6.45, 7) is 6.23. The lowest BCUT2D eigenvalue weighted by Gasteiger charge is -2.14. The number of nitriles is 1. The summed E-state index contributed by atoms with van der Waals surface area (Å²) >= 11 is 0. The molecule has 82 valence electrons. The SMILES string of the molecule is CCCOCCOCCC(C)(N)C#N. The summed E-state index contributed by atoms with van der Waals surface area (Å²) in [5.41, 5.74) is 4.83. The minimum atomic E-state index is -0.774. The van der Waals surface area contributed by atoms with Gasteiger partial charge in [0, 0.05) is 19.6 Å². The number of nitrogens with two attached hydrogens (primary N) is 1. The Bertz CT molecular complexity index is 175. The highest BCUT2D eigenvalue weighted by Gasteiger charge is 2.16. The first-order valence-electron chi connectivity index (χ1n) is 4.98. The molecule has 0 aromatic rings. The summed E-state index contributed by atoms with van der Waals surface area (Å²) < 4.78 is 10.5. The Kier molecular flexibility index (Phi) is 7.40. The van der Waals surface area contributed by atoms with Crippen LogP contribution in [0.2, 0.25) is 0 Å². The number of hydrogen-bond donors (Lipinski definition) is 1. The van der Waals surface area contributed by atoms with Crippen LogP contribution in [0.1, 0.15) is 26.7 Å². The van der Waals surface area contributed by atoms with Crippen LogP contribution in [0.25, 0.3) is 0 Å². The van der Waals surface area contributed by atoms with Gasteiger partial charge in [-0.05, 0) is 13.3 Å². The summed E-state index contributed by atoms with van der Waals surface area (Å²) in [6, 6.07) is 2.02. The Hall–Kier alpha value is -0.630. The predicted molar refractivity (Wildman–Crippen MR) is 54.8 cm³/mol. The molecule has 1 unspecified atom stereocenters. The molecule has 0 amide bonds. The Morgan fingerprint density at radius 2 is 1.79 bits per heavy atom. The molecule has 0 saturated carbocycles. The minimum absolute atomic E-state index is 0.510. The Morgan fingerprint density at radius 1 is 1.21 bits per heavy atom. The van der Waals surface area contributed by atoms with Crippen molar-refractivity contribution in [1.82, 2.24) is 0 Å². The van der Waals surface area contributed by atoms with Crippen LogP contribution in [-0.2, 0) is 9.47 Å². The number of rotatable bonds is 8. The van der Waals surface area contributed by atoms with Gasteiger partial charge >= 0.3 is 0 Å². The van der Waals surface area contributed by atoms with Gasteiger partial charge in [0.1, 0.15) is 5.54 Å². The van der Waals surface area contributed by atoms with Crippen LogP contribution < -0.4 is 5.73 Å². The zero-order valence-corrected chi connectivity index (χ0v) is 9.08. The van der Waals surface area contributed by atoms with Gasteiger partial charge in [-0.15, -0.1) is 0 Å². The topological polar surface area (TPSA) is 68.3 Å². The second-order valence-electron chi connectivity index (χ2n) is 3.50. The van der Waals surface area contributed by atoms with Crippen molar-refractivity contribution in [1.29, 1.82) is 5.26 Å². The maximum atomic E-state index is 8.61. The Morgan fingerprint density at radius 3 is 2.29 bits per heavy atom. The van der Waals surface area contributed by atoms with Crippen molar-refractivity contribution in [2.75, 3.05) is 26.4 Å². The quantitative estimate of drug-likeness (QED) is 0.595. The van der Waals surface area contributed by atoms with E-state index in [1.54, 1.807) is 6.92 Å². The van der Waals surface area contributed by atoms with Crippen molar-refractivity contribution in [3.8, 4) is 6.07 Å². The van der Waals surface area contributed by atoms with E-state index in [0.29, 0.717) is 26.2 Å². The fraction of sp³-hybridized carbons (Fsp3) is 0.900. The molecule has 0 spiro atoms. The third-order valence-electron chi connectivity index (χ3n) is 1.74. The van der Waals surface area contributed by atoms with Gasteiger partial charge in [0.25, 0.3) is 0 Å². The summed E-state index contributed by atoms with van der Waals surface area (Å²) in [4.78, 5) is 0. The second kappa shape index (κ2) is 7.74. The summed E-state index contributed by atoms with van der Waals surface area (Å²) in [5.74, 6) is 0. The average Bonchev–Trinajstić information content (AvgIpc) is 2.16. The van der Waals surface area contributed by atoms with Gasteiger partial charge in [-0.3, -0.25) is 0 Å². The van der Waals surface area contributed by atoms with Crippen molar-refractivity contribution in [2.45, 2.75) is 32.2 Å². The van der Waals surface area contributed by atoms with Gasteiger partial charge in [-0.25, -0.2) is 0 Å². The molecule has 0 bridgehead atoms. The number of hydrogen-bond acceptors (Lipinski definition) is 4. The number of ether oxygens (including phenoxy) is 2. The van der Waals surface area contributed by atoms with Gasteiger partial charge in [0.2, 0.25) is 0 Å². The molecule has 0 saturated heterocycles. The summed E-state index contributed by atoms with van der Waals surface area (Å²) in [5, 5.41) is 8.61. The van der Waals surface area contributed by atoms with E-state index in [1.165, 1.54) is 0 Å². The van der Waals surface area contributed by atoms with E-state index in [9.17, 15) is 0 Å². The smallest absolute Gasteiger partial charge is 0.103 e. The first-order chi connectivity index (χ1) is 6.62. The second-order valence-corrected chi connectivity index (χ2v) is 3.50. The van der Waals surface area contributed by atoms with Gasteiger partial charge < -0.3 is 15.2 Å². The predicted octanol–water partition coefficient (Wildman–Crippen LogP) is 1.06. The van der Waals surface area contributed by atoms with Gasteiger partial charge in [0.15, 0.2) is 0 Å². The van der Waals surface area contributed by atoms with Crippen LogP contribution in [0.5, 0.6) is 0 Å². The molecular weight excluding hydrogens is 180 g/mol. The highest BCUT2D eigenvalue weighted by atomic mass is 16.5. The van der Waals surface area contributed by atoms with Crippen LogP contribution in [0.15, 0.2) is 0 Å². The molecular formula is C10H20N2O2. The normalized spacial score (nSPS) is 14.7. The molecule has 0 radical (unpaired) electrons. The van der Waals surface area contributed by atoms with Crippen LogP contribution in [0.3, 0.4) is 0 Å². The number of nitrogens with zero attached hydrogens (tertiary/aromatic N) is 1. The lowest BCUT2D eigenvalue weighted by atomic mass is 10.0. The lowest BCUT2D eigenvalue weighted by molar-refractivity contribution is 0.0441. The largest absolute Gasteiger partial charge is 0.379 e. The minimum Gasteiger partial charge on any atom is -0.379 e. The molecule has 4 heteroatoms. The first-order valence-corrected chi connectivity index (χ1v) is 4.98. The van der Waals surface area contributed by atoms with E-state index in [-0.39, 0.29) is 0 Å². The fourth-order valence-electron chi connectivity index (χ4n) is 0.806. The van der Waals surface area contributed by atoms with Crippen molar-refractivity contribution in [3.05, 3.63) is 0 Å². The van der Waals surface area contributed by atoms with E-state index >= 15 is 0 Å². The van der Waals surface area contributed by atoms with Gasteiger partial charge in [-0.1, -0.05) is 6.92 Å². The lowest BCUT2D eigenvalue weighted by Crippen LogP contribution is -2.35. The van der Waals surface area contributed by atoms with Crippen molar-refractivity contribution in [2.24, 2.45) is 5.73 Å². The molecule has 0 aliphatic rings. The van der Waals surface area contributed by atoms with E-state index in [0.717, 1.165) is 13.0 Å². The standard InChI is InChI=1S/C10H20N2O2/c1-3-5-13-7-8-14-6-4-10(2,12)9-11/h3-8,12H2,1-2H3. The average molecular weight is 200 g/mol. The van der Waals surface area contributed by atoms with E-state index in [2.05, 4.69) is 6.92 Å². The molecule has 0 aliphatic heterocycles. The third kappa shape index (κ3) is 7.99. The van der Waals surface area contributed by atoms with Crippen molar-refractivity contribution in [3.63, 3.8) is 0 Å². The van der Waals surface area contributed by atoms with Gasteiger partial charge in [0.05, 0.1) is 19.3 Å². The fourth-order valence-corrected chi connectivity index (χ4v) is 0.806. The molecule has 0 aliphatic carbocycles. The molecule has 2 N–H and O–H groups in total. The maximum absolute atomic E-state index is 8.61. The molecule has 0 aromatic carbocycles. The van der Waals surface area contributed by atoms with Gasteiger partial charge in [-0.2, -0.15) is 5.26 Å². The van der Waals surface area contributed by atoms with E-state index in [4.69, 9.17) is 20.5 Å².